The molecule has 0 aromatic carbocycles. The Morgan fingerprint density at radius 2 is 2.00 bits per heavy atom. The van der Waals surface area contributed by atoms with Crippen LogP contribution in [0.5, 0.6) is 0 Å². The molecule has 1 fully saturated rings. The summed E-state index contributed by atoms with van der Waals surface area (Å²) < 4.78 is 28.2. The van der Waals surface area contributed by atoms with E-state index in [1.54, 1.807) is 16.8 Å². The van der Waals surface area contributed by atoms with Crippen LogP contribution in [0.3, 0.4) is 0 Å². The van der Waals surface area contributed by atoms with E-state index in [0.29, 0.717) is 24.4 Å². The van der Waals surface area contributed by atoms with Crippen LogP contribution in [0.2, 0.25) is 0 Å². The van der Waals surface area contributed by atoms with Crippen molar-refractivity contribution in [3.8, 4) is 0 Å². The second kappa shape index (κ2) is 5.34. The number of Topliss-reactive ketones (excluding diaryl/α,β-unsaturated/α-hetero) is 1. The number of imidazole rings is 1. The molecule has 2 aromatic heterocycles. The minimum absolute atomic E-state index is 0.0397. The average molecular weight is 307 g/mol. The summed E-state index contributed by atoms with van der Waals surface area (Å²) in [7, 11) is 0. The van der Waals surface area contributed by atoms with Crippen molar-refractivity contribution < 1.29 is 13.6 Å². The molecule has 0 N–H and O–H groups in total. The first-order valence-electron chi connectivity index (χ1n) is 7.51. The predicted molar refractivity (Wildman–Crippen MR) is 80.8 cm³/mol. The van der Waals surface area contributed by atoms with Crippen LogP contribution in [-0.2, 0) is 0 Å². The fraction of sp³-hybridized carbons (Fsp3) is 0.500. The summed E-state index contributed by atoms with van der Waals surface area (Å²) in [6.45, 7) is 4.37. The molecule has 0 aliphatic carbocycles. The van der Waals surface area contributed by atoms with Gasteiger partial charge in [0.2, 0.25) is 0 Å². The summed E-state index contributed by atoms with van der Waals surface area (Å²) in [5, 5.41) is 0. The first-order chi connectivity index (χ1) is 10.4. The number of pyridine rings is 1. The van der Waals surface area contributed by atoms with Crippen LogP contribution in [0.25, 0.3) is 5.65 Å². The van der Waals surface area contributed by atoms with Gasteiger partial charge in [-0.05, 0) is 6.07 Å². The van der Waals surface area contributed by atoms with Gasteiger partial charge >= 0.3 is 0 Å². The van der Waals surface area contributed by atoms with Crippen molar-refractivity contribution in [3.05, 3.63) is 30.2 Å². The maximum absolute atomic E-state index is 13.2. The molecule has 0 unspecified atom stereocenters. The van der Waals surface area contributed by atoms with Crippen molar-refractivity contribution in [3.63, 3.8) is 0 Å². The Hall–Kier alpha value is -1.98. The van der Waals surface area contributed by atoms with Crippen LogP contribution in [0.4, 0.5) is 14.5 Å². The van der Waals surface area contributed by atoms with Crippen molar-refractivity contribution in [2.45, 2.75) is 32.6 Å². The molecule has 3 heterocycles. The molecular formula is C16H19F2N3O. The number of fused-ring (bicyclic) bond motifs is 1. The zero-order valence-corrected chi connectivity index (χ0v) is 12.7. The molecule has 2 aromatic rings. The van der Waals surface area contributed by atoms with Gasteiger partial charge < -0.3 is 4.90 Å². The van der Waals surface area contributed by atoms with Crippen LogP contribution < -0.4 is 4.90 Å². The summed E-state index contributed by atoms with van der Waals surface area (Å²) in [5.74, 6) is -2.60. The van der Waals surface area contributed by atoms with Crippen molar-refractivity contribution in [1.29, 1.82) is 0 Å². The molecule has 0 saturated carbocycles. The molecule has 4 nitrogen and oxygen atoms in total. The van der Waals surface area contributed by atoms with Gasteiger partial charge in [-0.25, -0.2) is 13.8 Å². The number of anilines is 1. The molecule has 0 atom stereocenters. The van der Waals surface area contributed by atoms with Crippen LogP contribution in [0.15, 0.2) is 24.5 Å². The Labute approximate surface area is 127 Å². The number of hydrogen-bond donors (Lipinski definition) is 0. The molecule has 1 saturated heterocycles. The van der Waals surface area contributed by atoms with Gasteiger partial charge in [0.15, 0.2) is 5.78 Å². The Kier molecular flexibility index (Phi) is 3.62. The van der Waals surface area contributed by atoms with E-state index in [4.69, 9.17) is 0 Å². The lowest BCUT2D eigenvalue weighted by Crippen LogP contribution is -2.39. The summed E-state index contributed by atoms with van der Waals surface area (Å²) in [4.78, 5) is 18.3. The molecule has 1 aliphatic rings. The number of carbonyl (C=O) groups is 1. The van der Waals surface area contributed by atoms with Gasteiger partial charge in [-0.1, -0.05) is 13.8 Å². The van der Waals surface area contributed by atoms with Crippen molar-refractivity contribution in [1.82, 2.24) is 9.38 Å². The van der Waals surface area contributed by atoms with E-state index in [9.17, 15) is 13.6 Å². The normalized spacial score (nSPS) is 18.1. The number of carbonyl (C=O) groups excluding carboxylic acids is 1. The standard InChI is InChI=1S/C16H19F2N3O/c1-11(2)15(22)13-10-19-14-9-12(3-6-21(13)14)20-7-4-16(17,18)5-8-20/h3,6,9-11H,4-5,7-8H2,1-2H3. The topological polar surface area (TPSA) is 37.6 Å². The number of piperidine rings is 1. The Balaban J connectivity index is 1.87. The van der Waals surface area contributed by atoms with Gasteiger partial charge in [0.05, 0.1) is 6.20 Å². The lowest BCUT2D eigenvalue weighted by molar-refractivity contribution is -0.0220. The van der Waals surface area contributed by atoms with E-state index in [2.05, 4.69) is 4.98 Å². The zero-order valence-electron chi connectivity index (χ0n) is 12.7. The minimum Gasteiger partial charge on any atom is -0.371 e. The summed E-state index contributed by atoms with van der Waals surface area (Å²) in [5.41, 5.74) is 2.10. The first kappa shape index (κ1) is 14.9. The number of aromatic nitrogens is 2. The monoisotopic (exact) mass is 307 g/mol. The highest BCUT2D eigenvalue weighted by Gasteiger charge is 2.34. The molecule has 0 bridgehead atoms. The number of nitrogens with zero attached hydrogens (tertiary/aromatic N) is 3. The third kappa shape index (κ3) is 2.69. The molecule has 0 amide bonds. The van der Waals surface area contributed by atoms with Crippen molar-refractivity contribution in [2.75, 3.05) is 18.0 Å². The van der Waals surface area contributed by atoms with Gasteiger partial charge in [-0.3, -0.25) is 9.20 Å². The second-order valence-corrected chi connectivity index (χ2v) is 6.12. The summed E-state index contributed by atoms with van der Waals surface area (Å²) >= 11 is 0. The van der Waals surface area contributed by atoms with Crippen LogP contribution in [0.1, 0.15) is 37.2 Å². The molecule has 3 rings (SSSR count). The highest BCUT2D eigenvalue weighted by molar-refractivity contribution is 5.96. The summed E-state index contributed by atoms with van der Waals surface area (Å²) in [6, 6.07) is 3.70. The Morgan fingerprint density at radius 1 is 1.32 bits per heavy atom. The molecule has 6 heteroatoms. The van der Waals surface area contributed by atoms with Gasteiger partial charge in [0.25, 0.3) is 5.92 Å². The lowest BCUT2D eigenvalue weighted by atomic mass is 10.1. The quantitative estimate of drug-likeness (QED) is 0.816. The first-order valence-corrected chi connectivity index (χ1v) is 7.51. The third-order valence-corrected chi connectivity index (χ3v) is 4.13. The van der Waals surface area contributed by atoms with E-state index >= 15 is 0 Å². The third-order valence-electron chi connectivity index (χ3n) is 4.13. The average Bonchev–Trinajstić information content (AvgIpc) is 2.89. The minimum atomic E-state index is -2.55. The maximum Gasteiger partial charge on any atom is 0.251 e. The molecule has 22 heavy (non-hydrogen) atoms. The second-order valence-electron chi connectivity index (χ2n) is 6.12. The lowest BCUT2D eigenvalue weighted by Gasteiger charge is -2.33. The van der Waals surface area contributed by atoms with Crippen LogP contribution in [0, 0.1) is 5.92 Å². The number of ketones is 1. The van der Waals surface area contributed by atoms with E-state index < -0.39 is 5.92 Å². The largest absolute Gasteiger partial charge is 0.371 e. The SMILES string of the molecule is CC(C)C(=O)c1cnc2cc(N3CCC(F)(F)CC3)ccn12. The van der Waals surface area contributed by atoms with Crippen LogP contribution >= 0.6 is 0 Å². The predicted octanol–water partition coefficient (Wildman–Crippen LogP) is 3.41. The Morgan fingerprint density at radius 3 is 2.64 bits per heavy atom. The fourth-order valence-corrected chi connectivity index (χ4v) is 2.74. The van der Waals surface area contributed by atoms with E-state index in [1.165, 1.54) is 0 Å². The highest BCUT2D eigenvalue weighted by atomic mass is 19.3. The highest BCUT2D eigenvalue weighted by Crippen LogP contribution is 2.30. The van der Waals surface area contributed by atoms with Crippen molar-refractivity contribution >= 4 is 17.1 Å². The number of rotatable bonds is 3. The molecule has 0 spiro atoms. The van der Waals surface area contributed by atoms with E-state index in [-0.39, 0.29) is 24.5 Å². The Bertz CT molecular complexity index is 698. The van der Waals surface area contributed by atoms with Gasteiger partial charge in [-0.15, -0.1) is 0 Å². The molecular weight excluding hydrogens is 288 g/mol. The van der Waals surface area contributed by atoms with Gasteiger partial charge in [-0.2, -0.15) is 0 Å². The number of alkyl halides is 2. The van der Waals surface area contributed by atoms with Crippen LogP contribution in [-0.4, -0.2) is 34.2 Å². The van der Waals surface area contributed by atoms with Crippen molar-refractivity contribution in [2.24, 2.45) is 5.92 Å². The van der Waals surface area contributed by atoms with Gasteiger partial charge in [0, 0.05) is 49.8 Å². The van der Waals surface area contributed by atoms with Gasteiger partial charge in [0.1, 0.15) is 11.3 Å². The number of hydrogen-bond acceptors (Lipinski definition) is 3. The molecule has 118 valence electrons. The smallest absolute Gasteiger partial charge is 0.251 e. The summed E-state index contributed by atoms with van der Waals surface area (Å²) in [6.07, 6.45) is 3.12. The zero-order chi connectivity index (χ0) is 15.9. The van der Waals surface area contributed by atoms with E-state index in [0.717, 1.165) is 5.69 Å². The van der Waals surface area contributed by atoms with E-state index in [1.807, 2.05) is 30.9 Å². The number of halogens is 2. The fourth-order valence-electron chi connectivity index (χ4n) is 2.74. The molecule has 0 radical (unpaired) electrons. The maximum atomic E-state index is 13.2. The molecule has 1 aliphatic heterocycles.